The van der Waals surface area contributed by atoms with Gasteiger partial charge in [0.15, 0.2) is 11.6 Å². The van der Waals surface area contributed by atoms with E-state index in [1.54, 1.807) is 0 Å². The first kappa shape index (κ1) is 16.2. The molecule has 1 aromatic carbocycles. The van der Waals surface area contributed by atoms with Crippen LogP contribution in [0.4, 0.5) is 13.2 Å². The fourth-order valence-corrected chi connectivity index (χ4v) is 3.17. The molecule has 0 aromatic heterocycles. The molecule has 0 bridgehead atoms. The first-order valence-corrected chi connectivity index (χ1v) is 7.85. The Labute approximate surface area is 113 Å². The molecule has 0 N–H and O–H groups in total. The maximum absolute atomic E-state index is 13.4. The summed E-state index contributed by atoms with van der Waals surface area (Å²) in [5, 5.41) is 0. The zero-order valence-electron chi connectivity index (χ0n) is 11.1. The Morgan fingerprint density at radius 2 is 1.53 bits per heavy atom. The Kier molecular flexibility index (Phi) is 7.12. The molecule has 0 saturated carbocycles. The van der Waals surface area contributed by atoms with E-state index in [0.717, 1.165) is 6.07 Å². The van der Waals surface area contributed by atoms with E-state index in [9.17, 15) is 13.2 Å². The number of rotatable bonds is 8. The van der Waals surface area contributed by atoms with Gasteiger partial charge in [-0.2, -0.15) is 0 Å². The van der Waals surface area contributed by atoms with Crippen molar-refractivity contribution in [3.05, 3.63) is 35.1 Å². The largest absolute Gasteiger partial charge is 0.394 e. The molecule has 2 nitrogen and oxygen atoms in total. The third kappa shape index (κ3) is 5.34. The van der Waals surface area contributed by atoms with Crippen LogP contribution in [-0.4, -0.2) is 22.5 Å². The van der Waals surface area contributed by atoms with Crippen LogP contribution in [0.3, 0.4) is 0 Å². The lowest BCUT2D eigenvalue weighted by atomic mass is 10.1. The first-order valence-electron chi connectivity index (χ1n) is 6.33. The molecule has 0 unspecified atom stereocenters. The maximum Gasteiger partial charge on any atom is 0.384 e. The van der Waals surface area contributed by atoms with Crippen LogP contribution in [0.2, 0.25) is 6.04 Å². The van der Waals surface area contributed by atoms with Gasteiger partial charge in [0.2, 0.25) is 0 Å². The van der Waals surface area contributed by atoms with Crippen LogP contribution in [0, 0.1) is 17.5 Å². The van der Waals surface area contributed by atoms with Gasteiger partial charge >= 0.3 is 9.28 Å². The van der Waals surface area contributed by atoms with Crippen LogP contribution in [0.15, 0.2) is 12.1 Å². The SMILES string of the molecule is CCO[Si](CCCc1cc(F)c(F)cc1F)OCC. The summed E-state index contributed by atoms with van der Waals surface area (Å²) >= 11 is 0. The van der Waals surface area contributed by atoms with Crippen LogP contribution in [0.1, 0.15) is 25.8 Å². The number of hydrogen-bond donors (Lipinski definition) is 0. The molecule has 0 saturated heterocycles. The van der Waals surface area contributed by atoms with Gasteiger partial charge in [0.05, 0.1) is 0 Å². The minimum absolute atomic E-state index is 0.188. The third-order valence-electron chi connectivity index (χ3n) is 2.53. The van der Waals surface area contributed by atoms with Crippen LogP contribution in [-0.2, 0) is 15.3 Å². The molecule has 0 heterocycles. The van der Waals surface area contributed by atoms with Crippen LogP contribution in [0.5, 0.6) is 0 Å². The molecule has 6 heteroatoms. The Hall–Kier alpha value is -0.853. The average molecular weight is 291 g/mol. The zero-order valence-corrected chi connectivity index (χ0v) is 12.1. The molecule has 1 aromatic rings. The normalized spacial score (nSPS) is 11.3. The highest BCUT2D eigenvalue weighted by molar-refractivity contribution is 6.44. The Morgan fingerprint density at radius 3 is 2.11 bits per heavy atom. The lowest BCUT2D eigenvalue weighted by molar-refractivity contribution is 0.213. The van der Waals surface area contributed by atoms with E-state index in [-0.39, 0.29) is 5.56 Å². The molecule has 1 radical (unpaired) electrons. The van der Waals surface area contributed by atoms with E-state index < -0.39 is 26.7 Å². The summed E-state index contributed by atoms with van der Waals surface area (Å²) in [5.41, 5.74) is 0.188. The Bertz CT molecular complexity index is 396. The topological polar surface area (TPSA) is 18.5 Å². The maximum atomic E-state index is 13.4. The summed E-state index contributed by atoms with van der Waals surface area (Å²) < 4.78 is 50.0. The van der Waals surface area contributed by atoms with Gasteiger partial charge in [-0.15, -0.1) is 0 Å². The van der Waals surface area contributed by atoms with Crippen molar-refractivity contribution in [2.24, 2.45) is 0 Å². The van der Waals surface area contributed by atoms with Crippen molar-refractivity contribution >= 4 is 9.28 Å². The summed E-state index contributed by atoms with van der Waals surface area (Å²) in [6.07, 6.45) is 0.966. The van der Waals surface area contributed by atoms with E-state index >= 15 is 0 Å². The summed E-state index contributed by atoms with van der Waals surface area (Å²) in [6, 6.07) is 2.19. The highest BCUT2D eigenvalue weighted by Crippen LogP contribution is 2.16. The number of aryl methyl sites for hydroxylation is 1. The zero-order chi connectivity index (χ0) is 14.3. The van der Waals surface area contributed by atoms with E-state index in [4.69, 9.17) is 8.85 Å². The quantitative estimate of drug-likeness (QED) is 0.538. The summed E-state index contributed by atoms with van der Waals surface area (Å²) in [6.45, 7) is 4.93. The Balaban J connectivity index is 2.50. The van der Waals surface area contributed by atoms with Crippen LogP contribution >= 0.6 is 0 Å². The monoisotopic (exact) mass is 291 g/mol. The number of hydrogen-bond acceptors (Lipinski definition) is 2. The van der Waals surface area contributed by atoms with Crippen LogP contribution in [0.25, 0.3) is 0 Å². The number of benzene rings is 1. The smallest absolute Gasteiger partial charge is 0.384 e. The predicted molar refractivity (Wildman–Crippen MR) is 68.5 cm³/mol. The van der Waals surface area contributed by atoms with Crippen molar-refractivity contribution in [2.75, 3.05) is 13.2 Å². The molecule has 0 aliphatic rings. The molecule has 0 aliphatic heterocycles. The predicted octanol–water partition coefficient (Wildman–Crippen LogP) is 3.60. The highest BCUT2D eigenvalue weighted by Gasteiger charge is 2.15. The molecule has 107 valence electrons. The van der Waals surface area contributed by atoms with Gasteiger partial charge in [-0.3, -0.25) is 0 Å². The summed E-state index contributed by atoms with van der Waals surface area (Å²) in [4.78, 5) is 0. The van der Waals surface area contributed by atoms with Gasteiger partial charge in [0, 0.05) is 19.3 Å². The van der Waals surface area contributed by atoms with Gasteiger partial charge in [-0.25, -0.2) is 13.2 Å². The molecule has 0 fully saturated rings. The first-order chi connectivity index (χ1) is 9.08. The Morgan fingerprint density at radius 1 is 0.947 bits per heavy atom. The van der Waals surface area contributed by atoms with Gasteiger partial charge in [-0.1, -0.05) is 0 Å². The highest BCUT2D eigenvalue weighted by atomic mass is 28.3. The van der Waals surface area contributed by atoms with Crippen molar-refractivity contribution in [1.29, 1.82) is 0 Å². The van der Waals surface area contributed by atoms with Crippen molar-refractivity contribution in [3.8, 4) is 0 Å². The third-order valence-corrected chi connectivity index (χ3v) is 4.51. The minimum atomic E-state index is -1.34. The molecule has 0 aliphatic carbocycles. The van der Waals surface area contributed by atoms with Crippen molar-refractivity contribution < 1.29 is 22.0 Å². The minimum Gasteiger partial charge on any atom is -0.394 e. The molecular weight excluding hydrogens is 273 g/mol. The van der Waals surface area contributed by atoms with Crippen molar-refractivity contribution in [3.63, 3.8) is 0 Å². The van der Waals surface area contributed by atoms with E-state index in [1.165, 1.54) is 0 Å². The average Bonchev–Trinajstić information content (AvgIpc) is 2.36. The molecular formula is C13H18F3O2Si. The fraction of sp³-hybridized carbons (Fsp3) is 0.538. The van der Waals surface area contributed by atoms with Gasteiger partial charge in [-0.05, 0) is 44.4 Å². The fourth-order valence-electron chi connectivity index (χ4n) is 1.69. The van der Waals surface area contributed by atoms with E-state index in [0.29, 0.717) is 38.2 Å². The molecule has 0 spiro atoms. The molecule has 1 rings (SSSR count). The second-order valence-corrected chi connectivity index (χ2v) is 5.77. The van der Waals surface area contributed by atoms with Crippen molar-refractivity contribution in [1.82, 2.24) is 0 Å². The lowest BCUT2D eigenvalue weighted by Gasteiger charge is -2.13. The van der Waals surface area contributed by atoms with Gasteiger partial charge in [0.1, 0.15) is 5.82 Å². The van der Waals surface area contributed by atoms with E-state index in [2.05, 4.69) is 0 Å². The molecule has 0 amide bonds. The van der Waals surface area contributed by atoms with Gasteiger partial charge < -0.3 is 8.85 Å². The van der Waals surface area contributed by atoms with Gasteiger partial charge in [0.25, 0.3) is 0 Å². The standard InChI is InChI=1S/C13H18F3O2Si/c1-3-17-19(18-4-2)7-5-6-10-8-12(15)13(16)9-11(10)14/h8-9H,3-7H2,1-2H3. The van der Waals surface area contributed by atoms with E-state index in [1.807, 2.05) is 13.8 Å². The second kappa shape index (κ2) is 8.34. The van der Waals surface area contributed by atoms with Crippen LogP contribution < -0.4 is 0 Å². The summed E-state index contributed by atoms with van der Waals surface area (Å²) in [5.74, 6) is -2.88. The molecule has 19 heavy (non-hydrogen) atoms. The summed E-state index contributed by atoms with van der Waals surface area (Å²) in [7, 11) is -1.34. The second-order valence-electron chi connectivity index (χ2n) is 3.95. The number of halogens is 3. The van der Waals surface area contributed by atoms with Crippen molar-refractivity contribution in [2.45, 2.75) is 32.7 Å². The molecule has 0 atom stereocenters. The lowest BCUT2D eigenvalue weighted by Crippen LogP contribution is -2.22.